The summed E-state index contributed by atoms with van der Waals surface area (Å²) in [5, 5.41) is 1.44. The molecule has 3 atom stereocenters. The van der Waals surface area contributed by atoms with E-state index in [1.165, 1.54) is 139 Å². The number of rotatable bonds is 4. The Morgan fingerprint density at radius 1 is 0.689 bits per heavy atom. The number of piperidine rings is 2. The largest absolute Gasteiger partial charge is 0.294 e. The van der Waals surface area contributed by atoms with Crippen LogP contribution in [-0.4, -0.2) is 50.9 Å². The lowest BCUT2D eigenvalue weighted by Crippen LogP contribution is -2.49. The van der Waals surface area contributed by atoms with E-state index in [0.717, 1.165) is 8.27 Å². The maximum absolute atomic E-state index is 6.55. The average molecular weight is 685 g/mol. The zero-order valence-corrected chi connectivity index (χ0v) is 32.6. The molecule has 4 fully saturated rings. The van der Waals surface area contributed by atoms with Gasteiger partial charge >= 0.3 is 0 Å². The Morgan fingerprint density at radius 3 is 1.62 bits per heavy atom. The van der Waals surface area contributed by atoms with Gasteiger partial charge in [0.15, 0.2) is 0 Å². The molecule has 3 unspecified atom stereocenters. The van der Waals surface area contributed by atoms with Crippen molar-refractivity contribution in [2.45, 2.75) is 121 Å². The fourth-order valence-electron chi connectivity index (χ4n) is 8.38. The van der Waals surface area contributed by atoms with Crippen LogP contribution in [0.2, 0.25) is 6.82 Å². The van der Waals surface area contributed by atoms with Gasteiger partial charge in [-0.3, -0.25) is 9.80 Å². The third-order valence-electron chi connectivity index (χ3n) is 10.5. The maximum Gasteiger partial charge on any atom is 0.141 e. The monoisotopic (exact) mass is 684 g/mol. The predicted octanol–water partition coefficient (Wildman–Crippen LogP) is 11.2. The highest BCUT2D eigenvalue weighted by Crippen LogP contribution is 2.47. The first-order valence-corrected chi connectivity index (χ1v) is 22.8. The summed E-state index contributed by atoms with van der Waals surface area (Å²) in [6.07, 6.45) is 22.4. The van der Waals surface area contributed by atoms with Crippen LogP contribution in [0.1, 0.15) is 113 Å². The SMILES string of the molecule is CPP.[3H]B(C)P.c1ccc(C2(N3CCCCC3)CCCCC2)cc1.c1ccc2sc(C3(N4CCCCC4)CCCCC3)cc2c1. The van der Waals surface area contributed by atoms with Crippen molar-refractivity contribution in [2.75, 3.05) is 32.8 Å². The highest BCUT2D eigenvalue weighted by molar-refractivity contribution is 8.02. The second kappa shape index (κ2) is 20.2. The van der Waals surface area contributed by atoms with E-state index in [1.807, 2.05) is 0 Å². The van der Waals surface area contributed by atoms with E-state index in [4.69, 9.17) is 1.34 Å². The summed E-state index contributed by atoms with van der Waals surface area (Å²) in [6.45, 7) is 9.17. The summed E-state index contributed by atoms with van der Waals surface area (Å²) in [5.74, 6) is 0. The second-order valence-electron chi connectivity index (χ2n) is 13.4. The van der Waals surface area contributed by atoms with Crippen LogP contribution in [0.4, 0.5) is 0 Å². The maximum atomic E-state index is 6.55. The first-order chi connectivity index (χ1) is 22.4. The molecule has 0 N–H and O–H groups in total. The summed E-state index contributed by atoms with van der Waals surface area (Å²) in [5.41, 5.74) is 2.31. The molecule has 4 aliphatic rings. The van der Waals surface area contributed by atoms with Crippen LogP contribution < -0.4 is 0 Å². The molecule has 7 rings (SSSR count). The van der Waals surface area contributed by atoms with Crippen molar-refractivity contribution >= 4 is 54.7 Å². The van der Waals surface area contributed by atoms with Crippen LogP contribution in [0.3, 0.4) is 0 Å². The molecule has 248 valence electrons. The van der Waals surface area contributed by atoms with Gasteiger partial charge in [-0.05, 0) is 109 Å². The second-order valence-corrected chi connectivity index (χ2v) is 17.5. The minimum absolute atomic E-state index is 0.000000000000000222. The third-order valence-corrected chi connectivity index (χ3v) is 11.8. The van der Waals surface area contributed by atoms with Crippen molar-refractivity contribution in [1.82, 2.24) is 9.80 Å². The van der Waals surface area contributed by atoms with Crippen LogP contribution in [0.15, 0.2) is 60.7 Å². The van der Waals surface area contributed by atoms with Gasteiger partial charge in [0, 0.05) is 15.1 Å². The molecule has 1 aromatic heterocycles. The van der Waals surface area contributed by atoms with Gasteiger partial charge in [-0.25, -0.2) is 0 Å². The van der Waals surface area contributed by atoms with Crippen LogP contribution in [-0.2, 0) is 11.1 Å². The number of fused-ring (bicyclic) bond motifs is 1. The lowest BCUT2D eigenvalue weighted by atomic mass is 9.74. The number of nitrogens with zero attached hydrogens (tertiary/aromatic N) is 2. The summed E-state index contributed by atoms with van der Waals surface area (Å²) < 4.78 is 8.01. The number of thiophene rings is 1. The minimum atomic E-state index is -0.000000000000000222. The molecule has 2 aromatic carbocycles. The van der Waals surface area contributed by atoms with Gasteiger partial charge in [-0.15, -0.1) is 28.5 Å². The van der Waals surface area contributed by atoms with Crippen molar-refractivity contribution < 1.29 is 0 Å². The van der Waals surface area contributed by atoms with Gasteiger partial charge in [0.2, 0.25) is 0 Å². The molecule has 3 heterocycles. The van der Waals surface area contributed by atoms with Gasteiger partial charge in [-0.1, -0.05) is 107 Å². The average Bonchev–Trinajstić information content (AvgIpc) is 3.56. The third kappa shape index (κ3) is 10.1. The Kier molecular flexibility index (Phi) is 16.2. The molecule has 2 aliphatic carbocycles. The predicted molar refractivity (Wildman–Crippen MR) is 215 cm³/mol. The number of likely N-dealkylation sites (tertiary alicyclic amines) is 2. The molecule has 0 amide bonds. The van der Waals surface area contributed by atoms with Gasteiger partial charge < -0.3 is 0 Å². The Labute approximate surface area is 289 Å². The van der Waals surface area contributed by atoms with Crippen LogP contribution >= 0.6 is 37.7 Å². The lowest BCUT2D eigenvalue weighted by Gasteiger charge is -2.48. The molecular weight excluding hydrogens is 620 g/mol. The Morgan fingerprint density at radius 2 is 1.11 bits per heavy atom. The molecule has 2 saturated carbocycles. The zero-order valence-electron chi connectivity index (χ0n) is 29.5. The Hall–Kier alpha value is -0.325. The summed E-state index contributed by atoms with van der Waals surface area (Å²) in [4.78, 5) is 7.30. The minimum Gasteiger partial charge on any atom is -0.294 e. The first kappa shape index (κ1) is 36.0. The molecule has 0 bridgehead atoms. The van der Waals surface area contributed by atoms with E-state index in [1.54, 1.807) is 17.3 Å². The standard InChI is InChI=1S/C19H25NS.C17H25N.CH6BP.CH6P2/c1-5-11-19(12-6-1,20-13-7-2-8-14-20)18-15-16-9-3-4-10-17(16)21-18;1-4-10-16(11-5-1)17(12-6-2-7-13-17)18-14-8-3-9-15-18;1-2-3;1-3-2/h3-4,9-10,15H,1-2,5-8,11-14H2;1,4-5,10-11H,2-3,6-9,12-15H2;2H,3H2,1H3;3H,2H2,1H3/i;;2T;. The fourth-order valence-corrected chi connectivity index (χ4v) is 9.72. The molecular formula is C38H62BN2P3S. The molecule has 45 heavy (non-hydrogen) atoms. The van der Waals surface area contributed by atoms with E-state index in [2.05, 4.69) is 107 Å². The Balaban J connectivity index is 0.000000176. The first-order valence-electron chi connectivity index (χ1n) is 18.6. The van der Waals surface area contributed by atoms with Gasteiger partial charge in [-0.2, -0.15) is 9.12 Å². The smallest absolute Gasteiger partial charge is 0.141 e. The van der Waals surface area contributed by atoms with Crippen LogP contribution in [0.5, 0.6) is 0 Å². The highest BCUT2D eigenvalue weighted by atomic mass is 32.1. The summed E-state index contributed by atoms with van der Waals surface area (Å²) in [6, 6.07) is 22.7. The quantitative estimate of drug-likeness (QED) is 0.199. The molecule has 2 saturated heterocycles. The van der Waals surface area contributed by atoms with E-state index < -0.39 is 0 Å². The lowest BCUT2D eigenvalue weighted by molar-refractivity contribution is 0.0303. The summed E-state index contributed by atoms with van der Waals surface area (Å²) in [7, 11) is 5.93. The molecule has 2 aliphatic heterocycles. The topological polar surface area (TPSA) is 6.48 Å². The van der Waals surface area contributed by atoms with Crippen molar-refractivity contribution in [3.63, 3.8) is 0 Å². The molecule has 0 radical (unpaired) electrons. The van der Waals surface area contributed by atoms with Crippen molar-refractivity contribution in [3.8, 4) is 0 Å². The normalized spacial score (nSPS) is 22.2. The van der Waals surface area contributed by atoms with Gasteiger partial charge in [0.05, 0.1) is 5.54 Å². The van der Waals surface area contributed by atoms with Crippen LogP contribution in [0.25, 0.3) is 10.1 Å². The summed E-state index contributed by atoms with van der Waals surface area (Å²) >= 11 is 2.05. The number of benzene rings is 2. The Bertz CT molecular complexity index is 1200. The highest BCUT2D eigenvalue weighted by Gasteiger charge is 2.41. The van der Waals surface area contributed by atoms with Gasteiger partial charge in [0.25, 0.3) is 0 Å². The van der Waals surface area contributed by atoms with Gasteiger partial charge in [0.1, 0.15) is 6.96 Å². The van der Waals surface area contributed by atoms with E-state index >= 15 is 0 Å². The zero-order chi connectivity index (χ0) is 32.7. The number of hydrogen-bond acceptors (Lipinski definition) is 3. The van der Waals surface area contributed by atoms with Crippen LogP contribution in [0, 0.1) is 0 Å². The number of hydrogen-bond donors (Lipinski definition) is 0. The van der Waals surface area contributed by atoms with Crippen molar-refractivity contribution in [3.05, 3.63) is 71.1 Å². The molecule has 2 nitrogen and oxygen atoms in total. The van der Waals surface area contributed by atoms with E-state index in [-0.39, 0.29) is 6.96 Å². The van der Waals surface area contributed by atoms with Crippen molar-refractivity contribution in [2.24, 2.45) is 0 Å². The van der Waals surface area contributed by atoms with E-state index in [9.17, 15) is 0 Å². The van der Waals surface area contributed by atoms with Crippen molar-refractivity contribution in [1.29, 1.82) is 1.34 Å². The molecule has 7 heteroatoms. The molecule has 3 aromatic rings. The molecule has 0 spiro atoms. The van der Waals surface area contributed by atoms with E-state index in [0.29, 0.717) is 11.1 Å². The fraction of sp³-hybridized carbons (Fsp3) is 0.632.